The van der Waals surface area contributed by atoms with Crippen molar-refractivity contribution in [2.45, 2.75) is 104 Å². The highest BCUT2D eigenvalue weighted by atomic mass is 32.1. The molecule has 0 spiro atoms. The molecule has 1 heterocycles. The molecule has 0 N–H and O–H groups in total. The Kier molecular flexibility index (Phi) is 13.4. The van der Waals surface area contributed by atoms with Gasteiger partial charge in [0.1, 0.15) is 5.75 Å². The Labute approximate surface area is 148 Å². The maximum absolute atomic E-state index is 5.79. The third-order valence-corrected chi connectivity index (χ3v) is 5.40. The quantitative estimate of drug-likeness (QED) is 0.278. The molecule has 0 aliphatic rings. The van der Waals surface area contributed by atoms with Crippen LogP contribution in [0.2, 0.25) is 0 Å². The monoisotopic (exact) mass is 338 g/mol. The van der Waals surface area contributed by atoms with E-state index in [4.69, 9.17) is 4.74 Å². The van der Waals surface area contributed by atoms with Crippen LogP contribution >= 0.6 is 11.3 Å². The van der Waals surface area contributed by atoms with Crippen LogP contribution in [0.3, 0.4) is 0 Å². The first kappa shape index (κ1) is 20.5. The molecule has 1 nitrogen and oxygen atoms in total. The third-order valence-electron chi connectivity index (χ3n) is 4.56. The van der Waals surface area contributed by atoms with Crippen molar-refractivity contribution in [3.05, 3.63) is 16.3 Å². The molecule has 2 heteroatoms. The van der Waals surface area contributed by atoms with E-state index in [1.54, 1.807) is 11.3 Å². The van der Waals surface area contributed by atoms with Crippen LogP contribution in [0.1, 0.15) is 102 Å². The van der Waals surface area contributed by atoms with Gasteiger partial charge in [0.05, 0.1) is 6.61 Å². The molecule has 0 atom stereocenters. The minimum Gasteiger partial charge on any atom is -0.492 e. The van der Waals surface area contributed by atoms with Crippen LogP contribution in [-0.2, 0) is 0 Å². The van der Waals surface area contributed by atoms with E-state index in [0.29, 0.717) is 0 Å². The van der Waals surface area contributed by atoms with Gasteiger partial charge in [-0.1, -0.05) is 90.4 Å². The second kappa shape index (κ2) is 15.1. The lowest BCUT2D eigenvalue weighted by Crippen LogP contribution is -1.97. The summed E-state index contributed by atoms with van der Waals surface area (Å²) in [5, 5.41) is 4.26. The van der Waals surface area contributed by atoms with E-state index in [2.05, 4.69) is 24.6 Å². The zero-order chi connectivity index (χ0) is 16.6. The summed E-state index contributed by atoms with van der Waals surface area (Å²) in [7, 11) is 0. The molecule has 0 bridgehead atoms. The molecule has 23 heavy (non-hydrogen) atoms. The summed E-state index contributed by atoms with van der Waals surface area (Å²) < 4.78 is 5.79. The van der Waals surface area contributed by atoms with E-state index >= 15 is 0 Å². The Morgan fingerprint density at radius 3 is 1.61 bits per heavy atom. The number of ether oxygens (including phenoxy) is 1. The van der Waals surface area contributed by atoms with Crippen LogP contribution in [0.25, 0.3) is 0 Å². The van der Waals surface area contributed by atoms with Crippen LogP contribution in [0.4, 0.5) is 0 Å². The van der Waals surface area contributed by atoms with Crippen LogP contribution in [0, 0.1) is 6.92 Å². The van der Waals surface area contributed by atoms with Gasteiger partial charge < -0.3 is 4.74 Å². The first-order chi connectivity index (χ1) is 11.3. The topological polar surface area (TPSA) is 9.23 Å². The van der Waals surface area contributed by atoms with Crippen molar-refractivity contribution in [1.82, 2.24) is 0 Å². The number of hydrogen-bond acceptors (Lipinski definition) is 2. The van der Waals surface area contributed by atoms with Gasteiger partial charge in [0.25, 0.3) is 0 Å². The van der Waals surface area contributed by atoms with E-state index in [9.17, 15) is 0 Å². The van der Waals surface area contributed by atoms with Gasteiger partial charge in [-0.25, -0.2) is 0 Å². The molecule has 1 rings (SSSR count). The molecular weight excluding hydrogens is 300 g/mol. The first-order valence-electron chi connectivity index (χ1n) is 10.00. The number of unbranched alkanes of at least 4 members (excludes halogenated alkanes) is 13. The van der Waals surface area contributed by atoms with Crippen LogP contribution < -0.4 is 4.74 Å². The van der Waals surface area contributed by atoms with Gasteiger partial charge in [-0.15, -0.1) is 11.3 Å². The lowest BCUT2D eigenvalue weighted by Gasteiger charge is -2.05. The summed E-state index contributed by atoms with van der Waals surface area (Å²) >= 11 is 1.73. The molecule has 0 fully saturated rings. The van der Waals surface area contributed by atoms with Gasteiger partial charge in [0.2, 0.25) is 0 Å². The Bertz CT molecular complexity index is 358. The average Bonchev–Trinajstić information content (AvgIpc) is 2.96. The predicted octanol–water partition coefficient (Wildman–Crippen LogP) is 7.92. The van der Waals surface area contributed by atoms with E-state index < -0.39 is 0 Å². The molecule has 0 aliphatic carbocycles. The summed E-state index contributed by atoms with van der Waals surface area (Å²) in [5.74, 6) is 1.09. The summed E-state index contributed by atoms with van der Waals surface area (Å²) in [4.78, 5) is 0. The maximum Gasteiger partial charge on any atom is 0.132 e. The summed E-state index contributed by atoms with van der Waals surface area (Å²) in [6, 6.07) is 0. The van der Waals surface area contributed by atoms with E-state index in [0.717, 1.165) is 12.4 Å². The smallest absolute Gasteiger partial charge is 0.132 e. The summed E-state index contributed by atoms with van der Waals surface area (Å²) in [6.07, 6.45) is 19.7. The number of hydrogen-bond donors (Lipinski definition) is 0. The minimum absolute atomic E-state index is 0.885. The molecule has 0 unspecified atom stereocenters. The normalized spacial score (nSPS) is 11.0. The maximum atomic E-state index is 5.79. The van der Waals surface area contributed by atoms with Gasteiger partial charge in [0.15, 0.2) is 0 Å². The molecular formula is C21H38OS. The standard InChI is InChI=1S/C21H38OS/c1-3-4-5-6-7-8-9-10-11-12-13-14-15-16-17-22-21-19-23-18-20(21)2/h18-19H,3-17H2,1-2H3. The van der Waals surface area contributed by atoms with Crippen LogP contribution in [-0.4, -0.2) is 6.61 Å². The van der Waals surface area contributed by atoms with Crippen molar-refractivity contribution in [1.29, 1.82) is 0 Å². The molecule has 0 aliphatic heterocycles. The fourth-order valence-electron chi connectivity index (χ4n) is 2.98. The minimum atomic E-state index is 0.885. The highest BCUT2D eigenvalue weighted by molar-refractivity contribution is 7.08. The number of thiophene rings is 1. The lowest BCUT2D eigenvalue weighted by atomic mass is 10.0. The molecule has 0 amide bonds. The molecule has 0 saturated carbocycles. The largest absolute Gasteiger partial charge is 0.492 e. The Morgan fingerprint density at radius 1 is 0.696 bits per heavy atom. The summed E-state index contributed by atoms with van der Waals surface area (Å²) in [6.45, 7) is 5.30. The second-order valence-corrected chi connectivity index (χ2v) is 7.61. The molecule has 1 aromatic rings. The zero-order valence-corrected chi connectivity index (χ0v) is 16.4. The molecule has 1 aromatic heterocycles. The van der Waals surface area contributed by atoms with E-state index in [1.807, 2.05) is 0 Å². The number of rotatable bonds is 16. The Balaban J connectivity index is 1.72. The molecule has 134 valence electrons. The van der Waals surface area contributed by atoms with Gasteiger partial charge in [-0.05, 0) is 18.7 Å². The molecule has 0 saturated heterocycles. The summed E-state index contributed by atoms with van der Waals surface area (Å²) in [5.41, 5.74) is 1.28. The van der Waals surface area contributed by atoms with Gasteiger partial charge in [-0.3, -0.25) is 0 Å². The van der Waals surface area contributed by atoms with Crippen molar-refractivity contribution < 1.29 is 4.74 Å². The first-order valence-corrected chi connectivity index (χ1v) is 10.9. The van der Waals surface area contributed by atoms with Gasteiger partial charge >= 0.3 is 0 Å². The van der Waals surface area contributed by atoms with E-state index in [-0.39, 0.29) is 0 Å². The van der Waals surface area contributed by atoms with Gasteiger partial charge in [-0.2, -0.15) is 0 Å². The zero-order valence-electron chi connectivity index (χ0n) is 15.6. The van der Waals surface area contributed by atoms with E-state index in [1.165, 1.54) is 95.5 Å². The fraction of sp³-hybridized carbons (Fsp3) is 0.810. The fourth-order valence-corrected chi connectivity index (χ4v) is 3.74. The highest BCUT2D eigenvalue weighted by Gasteiger charge is 1.99. The lowest BCUT2D eigenvalue weighted by molar-refractivity contribution is 0.303. The highest BCUT2D eigenvalue weighted by Crippen LogP contribution is 2.22. The molecule has 0 radical (unpaired) electrons. The van der Waals surface area contributed by atoms with Crippen LogP contribution in [0.15, 0.2) is 10.8 Å². The van der Waals surface area contributed by atoms with Crippen molar-refractivity contribution in [2.75, 3.05) is 6.61 Å². The number of aryl methyl sites for hydroxylation is 1. The van der Waals surface area contributed by atoms with Crippen LogP contribution in [0.5, 0.6) is 5.75 Å². The third kappa shape index (κ3) is 11.6. The van der Waals surface area contributed by atoms with Crippen molar-refractivity contribution in [3.8, 4) is 5.75 Å². The van der Waals surface area contributed by atoms with Crippen molar-refractivity contribution in [2.24, 2.45) is 0 Å². The van der Waals surface area contributed by atoms with Crippen molar-refractivity contribution >= 4 is 11.3 Å². The Morgan fingerprint density at radius 2 is 1.17 bits per heavy atom. The second-order valence-electron chi connectivity index (χ2n) is 6.86. The van der Waals surface area contributed by atoms with Gasteiger partial charge in [0, 0.05) is 10.9 Å². The Hall–Kier alpha value is -0.500. The van der Waals surface area contributed by atoms with Crippen molar-refractivity contribution in [3.63, 3.8) is 0 Å². The average molecular weight is 339 g/mol. The SMILES string of the molecule is CCCCCCCCCCCCCCCCOc1cscc1C. The predicted molar refractivity (Wildman–Crippen MR) is 105 cm³/mol. The molecule has 0 aromatic carbocycles.